The average Bonchev–Trinajstić information content (AvgIpc) is 2.76. The summed E-state index contributed by atoms with van der Waals surface area (Å²) in [5.41, 5.74) is 2.35. The van der Waals surface area contributed by atoms with Crippen molar-refractivity contribution in [1.82, 2.24) is 30.5 Å². The topological polar surface area (TPSA) is 112 Å². The van der Waals surface area contributed by atoms with Crippen molar-refractivity contribution in [3.63, 3.8) is 0 Å². The van der Waals surface area contributed by atoms with Crippen LogP contribution in [0.1, 0.15) is 19.5 Å². The van der Waals surface area contributed by atoms with E-state index in [9.17, 15) is 5.11 Å². The van der Waals surface area contributed by atoms with Crippen molar-refractivity contribution in [2.24, 2.45) is 5.92 Å². The molecule has 1 fully saturated rings. The number of nitrogens with one attached hydrogen (secondary N) is 2. The number of hydrogen-bond donors (Lipinski definition) is 3. The van der Waals surface area contributed by atoms with Crippen LogP contribution in [0.2, 0.25) is 0 Å². The van der Waals surface area contributed by atoms with Crippen LogP contribution in [0.25, 0.3) is 11.4 Å². The molecule has 0 spiro atoms. The van der Waals surface area contributed by atoms with Crippen molar-refractivity contribution in [1.29, 1.82) is 0 Å². The van der Waals surface area contributed by atoms with Gasteiger partial charge >= 0.3 is 0 Å². The third-order valence-corrected chi connectivity index (χ3v) is 5.15. The summed E-state index contributed by atoms with van der Waals surface area (Å²) in [4.78, 5) is 15.0. The lowest BCUT2D eigenvalue weighted by molar-refractivity contribution is 0.367. The Labute approximate surface area is 175 Å². The van der Waals surface area contributed by atoms with Crippen LogP contribution in [0.15, 0.2) is 36.8 Å². The van der Waals surface area contributed by atoms with Gasteiger partial charge in [-0.05, 0) is 25.0 Å². The van der Waals surface area contributed by atoms with Crippen LogP contribution in [0.3, 0.4) is 0 Å². The molecule has 1 atom stereocenters. The lowest BCUT2D eigenvalue weighted by Gasteiger charge is -2.36. The SMILES string of the molecule is Cc1cnc(Nc2cnc(-c3ccc(N4CCN[C@H](C(C)C)C4)nn3)c(O)c2)cn1. The second-order valence-electron chi connectivity index (χ2n) is 7.79. The molecule has 9 heteroatoms. The number of hydrogen-bond acceptors (Lipinski definition) is 9. The molecule has 3 N–H and O–H groups in total. The number of aromatic nitrogens is 5. The first-order valence-electron chi connectivity index (χ1n) is 10.1. The van der Waals surface area contributed by atoms with E-state index in [1.54, 1.807) is 24.7 Å². The Morgan fingerprint density at radius 2 is 2.00 bits per heavy atom. The maximum absolute atomic E-state index is 10.5. The molecule has 30 heavy (non-hydrogen) atoms. The zero-order valence-electron chi connectivity index (χ0n) is 17.4. The van der Waals surface area contributed by atoms with Gasteiger partial charge in [0.25, 0.3) is 0 Å². The van der Waals surface area contributed by atoms with Crippen molar-refractivity contribution in [3.05, 3.63) is 42.5 Å². The van der Waals surface area contributed by atoms with Gasteiger partial charge in [-0.1, -0.05) is 13.8 Å². The molecule has 1 saturated heterocycles. The summed E-state index contributed by atoms with van der Waals surface area (Å²) in [5, 5.41) is 25.7. The Bertz CT molecular complexity index is 991. The van der Waals surface area contributed by atoms with Crippen LogP contribution in [0, 0.1) is 12.8 Å². The summed E-state index contributed by atoms with van der Waals surface area (Å²) in [6, 6.07) is 5.79. The number of aryl methyl sites for hydroxylation is 1. The maximum atomic E-state index is 10.5. The summed E-state index contributed by atoms with van der Waals surface area (Å²) in [6.45, 7) is 9.02. The van der Waals surface area contributed by atoms with E-state index in [4.69, 9.17) is 0 Å². The molecule has 1 aliphatic rings. The fourth-order valence-corrected chi connectivity index (χ4v) is 3.38. The molecule has 9 nitrogen and oxygen atoms in total. The minimum Gasteiger partial charge on any atom is -0.506 e. The molecule has 0 amide bonds. The highest BCUT2D eigenvalue weighted by Gasteiger charge is 2.23. The van der Waals surface area contributed by atoms with E-state index in [0.29, 0.717) is 34.9 Å². The third kappa shape index (κ3) is 4.46. The highest BCUT2D eigenvalue weighted by Crippen LogP contribution is 2.29. The highest BCUT2D eigenvalue weighted by molar-refractivity contribution is 5.67. The minimum atomic E-state index is 0.0177. The van der Waals surface area contributed by atoms with Crippen molar-refractivity contribution >= 4 is 17.3 Å². The van der Waals surface area contributed by atoms with Gasteiger partial charge in [-0.3, -0.25) is 4.98 Å². The van der Waals surface area contributed by atoms with Crippen LogP contribution in [0.4, 0.5) is 17.3 Å². The second-order valence-corrected chi connectivity index (χ2v) is 7.79. The summed E-state index contributed by atoms with van der Waals surface area (Å²) in [5.74, 6) is 1.99. The summed E-state index contributed by atoms with van der Waals surface area (Å²) in [7, 11) is 0. The molecule has 0 aliphatic carbocycles. The van der Waals surface area contributed by atoms with Crippen LogP contribution >= 0.6 is 0 Å². The van der Waals surface area contributed by atoms with Gasteiger partial charge in [0.05, 0.1) is 30.0 Å². The minimum absolute atomic E-state index is 0.0177. The zero-order chi connectivity index (χ0) is 21.1. The monoisotopic (exact) mass is 406 g/mol. The molecule has 0 radical (unpaired) electrons. The van der Waals surface area contributed by atoms with Crippen LogP contribution in [-0.4, -0.2) is 55.9 Å². The number of nitrogens with zero attached hydrogens (tertiary/aromatic N) is 6. The van der Waals surface area contributed by atoms with Crippen LogP contribution in [0.5, 0.6) is 5.75 Å². The van der Waals surface area contributed by atoms with Gasteiger partial charge in [0.15, 0.2) is 5.82 Å². The highest BCUT2D eigenvalue weighted by atomic mass is 16.3. The summed E-state index contributed by atoms with van der Waals surface area (Å²) < 4.78 is 0. The van der Waals surface area contributed by atoms with E-state index in [1.807, 2.05) is 19.1 Å². The lowest BCUT2D eigenvalue weighted by Crippen LogP contribution is -2.53. The van der Waals surface area contributed by atoms with E-state index in [0.717, 1.165) is 31.1 Å². The Balaban J connectivity index is 1.48. The quantitative estimate of drug-likeness (QED) is 0.588. The summed E-state index contributed by atoms with van der Waals surface area (Å²) in [6.07, 6.45) is 4.92. The smallest absolute Gasteiger partial charge is 0.151 e. The van der Waals surface area contributed by atoms with Gasteiger partial charge in [-0.15, -0.1) is 10.2 Å². The number of piperazine rings is 1. The molecule has 3 aromatic rings. The number of aromatic hydroxyl groups is 1. The van der Waals surface area contributed by atoms with Crippen molar-refractivity contribution in [3.8, 4) is 17.1 Å². The van der Waals surface area contributed by atoms with Crippen LogP contribution < -0.4 is 15.5 Å². The molecular formula is C21H26N8O. The van der Waals surface area contributed by atoms with Gasteiger partial charge in [-0.25, -0.2) is 9.97 Å². The predicted molar refractivity (Wildman–Crippen MR) is 116 cm³/mol. The maximum Gasteiger partial charge on any atom is 0.151 e. The Hall–Kier alpha value is -3.33. The Morgan fingerprint density at radius 1 is 1.13 bits per heavy atom. The standard InChI is InChI=1S/C21H26N8O/c1-13(2)17-12-29(7-6-22-17)20-5-4-16(27-28-20)21-18(30)8-15(10-25-21)26-19-11-23-14(3)9-24-19/h4-5,8-11,13,17,22,30H,6-7,12H2,1-3H3,(H,24,26)/t17-/m0/s1. The number of pyridine rings is 1. The first-order chi connectivity index (χ1) is 14.5. The molecule has 156 valence electrons. The first kappa shape index (κ1) is 20.0. The largest absolute Gasteiger partial charge is 0.506 e. The van der Waals surface area contributed by atoms with Gasteiger partial charge in [-0.2, -0.15) is 0 Å². The zero-order valence-corrected chi connectivity index (χ0v) is 17.4. The molecule has 0 bridgehead atoms. The van der Waals surface area contributed by atoms with E-state index < -0.39 is 0 Å². The van der Waals surface area contributed by atoms with Crippen molar-refractivity contribution in [2.45, 2.75) is 26.8 Å². The molecule has 0 saturated carbocycles. The Morgan fingerprint density at radius 3 is 2.67 bits per heavy atom. The van der Waals surface area contributed by atoms with E-state index >= 15 is 0 Å². The second kappa shape index (κ2) is 8.58. The van der Waals surface area contributed by atoms with E-state index in [2.05, 4.69) is 54.5 Å². The lowest BCUT2D eigenvalue weighted by atomic mass is 10.0. The molecule has 3 aromatic heterocycles. The van der Waals surface area contributed by atoms with Crippen LogP contribution in [-0.2, 0) is 0 Å². The van der Waals surface area contributed by atoms with Gasteiger partial charge in [0.1, 0.15) is 23.0 Å². The molecule has 0 aromatic carbocycles. The van der Waals surface area contributed by atoms with Gasteiger partial charge in [0.2, 0.25) is 0 Å². The average molecular weight is 406 g/mol. The first-order valence-corrected chi connectivity index (χ1v) is 10.1. The van der Waals surface area contributed by atoms with Crippen molar-refractivity contribution in [2.75, 3.05) is 29.9 Å². The molecule has 0 unspecified atom stereocenters. The van der Waals surface area contributed by atoms with E-state index in [1.165, 1.54) is 0 Å². The van der Waals surface area contributed by atoms with Gasteiger partial charge < -0.3 is 20.6 Å². The normalized spacial score (nSPS) is 16.7. The number of rotatable bonds is 5. The third-order valence-electron chi connectivity index (χ3n) is 5.15. The molecule has 4 rings (SSSR count). The van der Waals surface area contributed by atoms with E-state index in [-0.39, 0.29) is 5.75 Å². The van der Waals surface area contributed by atoms with Gasteiger partial charge in [0, 0.05) is 31.7 Å². The fourth-order valence-electron chi connectivity index (χ4n) is 3.38. The summed E-state index contributed by atoms with van der Waals surface area (Å²) >= 11 is 0. The molecule has 1 aliphatic heterocycles. The predicted octanol–water partition coefficient (Wildman–Crippen LogP) is 2.52. The molecular weight excluding hydrogens is 380 g/mol. The van der Waals surface area contributed by atoms with Crippen molar-refractivity contribution < 1.29 is 5.11 Å². The number of anilines is 3. The molecule has 4 heterocycles. The Kier molecular flexibility index (Phi) is 5.71. The fraction of sp³-hybridized carbons (Fsp3) is 0.381.